The number of rotatable bonds is 3. The zero-order chi connectivity index (χ0) is 18.6. The maximum atomic E-state index is 12.7. The van der Waals surface area contributed by atoms with Gasteiger partial charge in [0.2, 0.25) is 5.91 Å². The maximum absolute atomic E-state index is 12.7. The summed E-state index contributed by atoms with van der Waals surface area (Å²) in [4.78, 5) is 27.6. The number of nitrogens with two attached hydrogens (primary N) is 1. The van der Waals surface area contributed by atoms with E-state index >= 15 is 0 Å². The lowest BCUT2D eigenvalue weighted by Gasteiger charge is -2.35. The highest BCUT2D eigenvalue weighted by Crippen LogP contribution is 2.26. The summed E-state index contributed by atoms with van der Waals surface area (Å²) in [7, 11) is 0. The number of carbonyl (C=O) groups excluding carboxylic acids is 1. The molecule has 2 aliphatic rings. The van der Waals surface area contributed by atoms with E-state index in [1.807, 2.05) is 39.6 Å². The second-order valence-electron chi connectivity index (χ2n) is 6.74. The van der Waals surface area contributed by atoms with Crippen molar-refractivity contribution in [1.82, 2.24) is 9.88 Å². The van der Waals surface area contributed by atoms with E-state index in [1.165, 1.54) is 5.56 Å². The number of benzene rings is 1. The second kappa shape index (κ2) is 7.96. The number of guanidine groups is 1. The predicted molar refractivity (Wildman–Crippen MR) is 110 cm³/mol. The molecule has 1 saturated heterocycles. The Kier molecular flexibility index (Phi) is 5.24. The molecular formula is C19H24N6OS. The van der Waals surface area contributed by atoms with Crippen LogP contribution >= 0.6 is 11.3 Å². The van der Waals surface area contributed by atoms with Gasteiger partial charge in [-0.25, -0.2) is 9.98 Å². The second-order valence-corrected chi connectivity index (χ2v) is 7.61. The third-order valence-electron chi connectivity index (χ3n) is 5.08. The van der Waals surface area contributed by atoms with Gasteiger partial charge in [0, 0.05) is 50.0 Å². The SMILES string of the molecule is NC(=NCC(=O)N1CCCc2ccccc21)N1CCN(c2nccs2)CC1. The van der Waals surface area contributed by atoms with Gasteiger partial charge < -0.3 is 20.4 Å². The highest BCUT2D eigenvalue weighted by Gasteiger charge is 2.23. The number of aryl methyl sites for hydroxylation is 1. The summed E-state index contributed by atoms with van der Waals surface area (Å²) in [5.41, 5.74) is 8.40. The lowest BCUT2D eigenvalue weighted by Crippen LogP contribution is -2.51. The normalized spacial score (nSPS) is 17.8. The summed E-state index contributed by atoms with van der Waals surface area (Å²) >= 11 is 1.65. The molecule has 2 N–H and O–H groups in total. The molecule has 7 nitrogen and oxygen atoms in total. The highest BCUT2D eigenvalue weighted by molar-refractivity contribution is 7.13. The van der Waals surface area contributed by atoms with Crippen LogP contribution < -0.4 is 15.5 Å². The molecule has 0 saturated carbocycles. The summed E-state index contributed by atoms with van der Waals surface area (Å²) in [6.45, 7) is 4.13. The number of aromatic nitrogens is 1. The number of para-hydroxylation sites is 1. The molecule has 1 aromatic carbocycles. The first kappa shape index (κ1) is 17.8. The lowest BCUT2D eigenvalue weighted by molar-refractivity contribution is -0.117. The van der Waals surface area contributed by atoms with Crippen molar-refractivity contribution in [3.63, 3.8) is 0 Å². The van der Waals surface area contributed by atoms with Crippen LogP contribution in [0.3, 0.4) is 0 Å². The van der Waals surface area contributed by atoms with Crippen molar-refractivity contribution in [3.05, 3.63) is 41.4 Å². The van der Waals surface area contributed by atoms with Crippen molar-refractivity contribution in [2.45, 2.75) is 12.8 Å². The molecule has 0 radical (unpaired) electrons. The van der Waals surface area contributed by atoms with E-state index in [9.17, 15) is 4.79 Å². The molecule has 0 bridgehead atoms. The van der Waals surface area contributed by atoms with Crippen LogP contribution in [0.1, 0.15) is 12.0 Å². The fourth-order valence-electron chi connectivity index (χ4n) is 3.63. The van der Waals surface area contributed by atoms with E-state index < -0.39 is 0 Å². The number of aliphatic imine (C=N–C) groups is 1. The minimum absolute atomic E-state index is 0.00604. The first-order chi connectivity index (χ1) is 13.2. The van der Waals surface area contributed by atoms with E-state index in [4.69, 9.17) is 5.73 Å². The molecule has 0 spiro atoms. The van der Waals surface area contributed by atoms with Crippen LogP contribution in [-0.4, -0.2) is 61.0 Å². The van der Waals surface area contributed by atoms with Crippen LogP contribution in [0.2, 0.25) is 0 Å². The summed E-state index contributed by atoms with van der Waals surface area (Å²) in [6, 6.07) is 8.10. The predicted octanol–water partition coefficient (Wildman–Crippen LogP) is 1.56. The minimum Gasteiger partial charge on any atom is -0.370 e. The highest BCUT2D eigenvalue weighted by atomic mass is 32.1. The number of piperazine rings is 1. The van der Waals surface area contributed by atoms with Crippen LogP contribution in [0.5, 0.6) is 0 Å². The number of carbonyl (C=O) groups is 1. The van der Waals surface area contributed by atoms with Gasteiger partial charge in [-0.3, -0.25) is 4.79 Å². The molecular weight excluding hydrogens is 360 g/mol. The number of nitrogens with zero attached hydrogens (tertiary/aromatic N) is 5. The quantitative estimate of drug-likeness (QED) is 0.642. The summed E-state index contributed by atoms with van der Waals surface area (Å²) in [5.74, 6) is 0.457. The van der Waals surface area contributed by atoms with Crippen molar-refractivity contribution < 1.29 is 4.79 Å². The van der Waals surface area contributed by atoms with Crippen molar-refractivity contribution in [3.8, 4) is 0 Å². The minimum atomic E-state index is 0.00604. The van der Waals surface area contributed by atoms with Crippen LogP contribution in [0.25, 0.3) is 0 Å². The van der Waals surface area contributed by atoms with E-state index in [1.54, 1.807) is 11.3 Å². The largest absolute Gasteiger partial charge is 0.370 e. The average molecular weight is 385 g/mol. The molecule has 2 aromatic rings. The Hall–Kier alpha value is -2.61. The molecule has 2 aliphatic heterocycles. The van der Waals surface area contributed by atoms with Crippen LogP contribution in [-0.2, 0) is 11.2 Å². The van der Waals surface area contributed by atoms with Gasteiger partial charge in [0.15, 0.2) is 11.1 Å². The lowest BCUT2D eigenvalue weighted by atomic mass is 10.0. The Morgan fingerprint density at radius 1 is 1.19 bits per heavy atom. The van der Waals surface area contributed by atoms with Crippen molar-refractivity contribution in [1.29, 1.82) is 0 Å². The first-order valence-corrected chi connectivity index (χ1v) is 10.2. The number of fused-ring (bicyclic) bond motifs is 1. The third kappa shape index (κ3) is 3.90. The van der Waals surface area contributed by atoms with Crippen molar-refractivity contribution in [2.24, 2.45) is 10.7 Å². The van der Waals surface area contributed by atoms with Gasteiger partial charge in [-0.1, -0.05) is 18.2 Å². The van der Waals surface area contributed by atoms with Gasteiger partial charge in [0.25, 0.3) is 0 Å². The fraction of sp³-hybridized carbons (Fsp3) is 0.421. The van der Waals surface area contributed by atoms with Crippen LogP contribution in [0, 0.1) is 0 Å². The standard InChI is InChI=1S/C19H24N6OS/c20-18(23-9-11-24(12-10-23)19-21-7-13-27-19)22-14-17(26)25-8-3-5-15-4-1-2-6-16(15)25/h1-2,4,6-7,13H,3,5,8-12,14H2,(H2,20,22). The molecule has 0 unspecified atom stereocenters. The Balaban J connectivity index is 1.34. The molecule has 1 fully saturated rings. The maximum Gasteiger partial charge on any atom is 0.248 e. The topological polar surface area (TPSA) is 78.1 Å². The van der Waals surface area contributed by atoms with Gasteiger partial charge in [-0.2, -0.15) is 0 Å². The van der Waals surface area contributed by atoms with Crippen molar-refractivity contribution >= 4 is 34.0 Å². The van der Waals surface area contributed by atoms with Crippen molar-refractivity contribution in [2.75, 3.05) is 49.1 Å². The van der Waals surface area contributed by atoms with E-state index in [0.717, 1.165) is 56.4 Å². The van der Waals surface area contributed by atoms with E-state index in [-0.39, 0.29) is 12.5 Å². The van der Waals surface area contributed by atoms with E-state index in [2.05, 4.69) is 20.9 Å². The van der Waals surface area contributed by atoms with Gasteiger partial charge in [0.05, 0.1) is 0 Å². The van der Waals surface area contributed by atoms with E-state index in [0.29, 0.717) is 5.96 Å². The Bertz CT molecular complexity index is 813. The van der Waals surface area contributed by atoms with Crippen LogP contribution in [0.4, 0.5) is 10.8 Å². The summed E-state index contributed by atoms with van der Waals surface area (Å²) in [5, 5.41) is 3.03. The molecule has 142 valence electrons. The summed E-state index contributed by atoms with van der Waals surface area (Å²) in [6.07, 6.45) is 3.84. The number of hydrogen-bond donors (Lipinski definition) is 1. The van der Waals surface area contributed by atoms with Crippen LogP contribution in [0.15, 0.2) is 40.8 Å². The zero-order valence-corrected chi connectivity index (χ0v) is 16.1. The Morgan fingerprint density at radius 2 is 2.00 bits per heavy atom. The molecule has 8 heteroatoms. The molecule has 0 aliphatic carbocycles. The zero-order valence-electron chi connectivity index (χ0n) is 15.3. The third-order valence-corrected chi connectivity index (χ3v) is 5.91. The number of hydrogen-bond acceptors (Lipinski definition) is 5. The fourth-order valence-corrected chi connectivity index (χ4v) is 4.32. The average Bonchev–Trinajstić information content (AvgIpc) is 3.26. The monoisotopic (exact) mass is 384 g/mol. The number of thiazole rings is 1. The molecule has 3 heterocycles. The van der Waals surface area contributed by atoms with Gasteiger partial charge >= 0.3 is 0 Å². The molecule has 27 heavy (non-hydrogen) atoms. The van der Waals surface area contributed by atoms with Gasteiger partial charge in [-0.15, -0.1) is 11.3 Å². The summed E-state index contributed by atoms with van der Waals surface area (Å²) < 4.78 is 0. The Morgan fingerprint density at radius 3 is 2.78 bits per heavy atom. The first-order valence-electron chi connectivity index (χ1n) is 9.30. The molecule has 0 atom stereocenters. The smallest absolute Gasteiger partial charge is 0.248 e. The molecule has 1 aromatic heterocycles. The number of anilines is 2. The van der Waals surface area contributed by atoms with Gasteiger partial charge in [-0.05, 0) is 24.5 Å². The molecule has 1 amide bonds. The van der Waals surface area contributed by atoms with Gasteiger partial charge in [0.1, 0.15) is 6.54 Å². The number of amides is 1. The Labute approximate surface area is 163 Å². The molecule has 4 rings (SSSR count).